The lowest BCUT2D eigenvalue weighted by molar-refractivity contribution is 0.405. The molecule has 0 amide bonds. The van der Waals surface area contributed by atoms with Crippen LogP contribution in [0.25, 0.3) is 11.3 Å². The Labute approximate surface area is 155 Å². The summed E-state index contributed by atoms with van der Waals surface area (Å²) in [5.41, 5.74) is 3.99. The molecule has 0 aliphatic rings. The van der Waals surface area contributed by atoms with E-state index in [0.29, 0.717) is 17.0 Å². The second-order valence-corrected chi connectivity index (χ2v) is 6.24. The first-order chi connectivity index (χ1) is 13.1. The molecule has 1 N–H and O–H groups in total. The molecule has 0 saturated heterocycles. The molecule has 0 aliphatic heterocycles. The van der Waals surface area contributed by atoms with Gasteiger partial charge in [-0.05, 0) is 43.7 Å². The van der Waals surface area contributed by atoms with Crippen LogP contribution in [0, 0.1) is 19.7 Å². The van der Waals surface area contributed by atoms with Gasteiger partial charge in [0.2, 0.25) is 0 Å². The van der Waals surface area contributed by atoms with Crippen molar-refractivity contribution in [3.63, 3.8) is 0 Å². The van der Waals surface area contributed by atoms with E-state index in [9.17, 15) is 4.39 Å². The summed E-state index contributed by atoms with van der Waals surface area (Å²) in [6.07, 6.45) is 3.57. The molecule has 0 atom stereocenters. The van der Waals surface area contributed by atoms with Gasteiger partial charge in [0, 0.05) is 18.3 Å². The summed E-state index contributed by atoms with van der Waals surface area (Å²) in [6, 6.07) is 8.58. The molecule has 27 heavy (non-hydrogen) atoms. The molecule has 3 heterocycles. The summed E-state index contributed by atoms with van der Waals surface area (Å²) in [7, 11) is 1.53. The predicted octanol–water partition coefficient (Wildman–Crippen LogP) is 3.29. The van der Waals surface area contributed by atoms with E-state index < -0.39 is 0 Å². The van der Waals surface area contributed by atoms with Crippen LogP contribution < -0.4 is 10.1 Å². The number of halogens is 1. The molecule has 0 fully saturated rings. The Morgan fingerprint density at radius 1 is 1.19 bits per heavy atom. The number of fused-ring (bicyclic) bond motifs is 1. The summed E-state index contributed by atoms with van der Waals surface area (Å²) < 4.78 is 23.0. The summed E-state index contributed by atoms with van der Waals surface area (Å²) >= 11 is 0. The maximum absolute atomic E-state index is 14.2. The molecular formula is C19H19FN6O. The van der Waals surface area contributed by atoms with Crippen molar-refractivity contribution >= 4 is 11.5 Å². The third-order valence-corrected chi connectivity index (χ3v) is 4.57. The van der Waals surface area contributed by atoms with Crippen LogP contribution in [0.15, 0.2) is 42.9 Å². The second-order valence-electron chi connectivity index (χ2n) is 6.24. The zero-order valence-corrected chi connectivity index (χ0v) is 15.3. The van der Waals surface area contributed by atoms with Crippen LogP contribution in [0.5, 0.6) is 5.75 Å². The van der Waals surface area contributed by atoms with Crippen LogP contribution in [0.4, 0.5) is 10.2 Å². The van der Waals surface area contributed by atoms with Crippen molar-refractivity contribution in [1.82, 2.24) is 24.4 Å². The highest BCUT2D eigenvalue weighted by Gasteiger charge is 2.13. The average molecular weight is 366 g/mol. The molecule has 0 unspecified atom stereocenters. The summed E-state index contributed by atoms with van der Waals surface area (Å²) in [5, 5.41) is 16.0. The van der Waals surface area contributed by atoms with E-state index in [2.05, 4.69) is 20.6 Å². The highest BCUT2D eigenvalue weighted by molar-refractivity contribution is 5.63. The van der Waals surface area contributed by atoms with Gasteiger partial charge in [0.1, 0.15) is 29.4 Å². The third-order valence-electron chi connectivity index (χ3n) is 4.57. The van der Waals surface area contributed by atoms with Crippen molar-refractivity contribution in [2.75, 3.05) is 12.4 Å². The van der Waals surface area contributed by atoms with Gasteiger partial charge in [-0.15, -0.1) is 10.2 Å². The van der Waals surface area contributed by atoms with Crippen molar-refractivity contribution in [2.45, 2.75) is 20.4 Å². The van der Waals surface area contributed by atoms with E-state index >= 15 is 0 Å². The molecule has 0 saturated carbocycles. The maximum atomic E-state index is 14.2. The van der Waals surface area contributed by atoms with Crippen LogP contribution in [-0.4, -0.2) is 31.5 Å². The van der Waals surface area contributed by atoms with Gasteiger partial charge < -0.3 is 10.1 Å². The molecule has 0 bridgehead atoms. The van der Waals surface area contributed by atoms with Gasteiger partial charge in [-0.3, -0.25) is 4.40 Å². The van der Waals surface area contributed by atoms with Gasteiger partial charge in [-0.2, -0.15) is 5.10 Å². The summed E-state index contributed by atoms with van der Waals surface area (Å²) in [4.78, 5) is 0. The molecule has 0 spiro atoms. The molecular weight excluding hydrogens is 347 g/mol. The van der Waals surface area contributed by atoms with Gasteiger partial charge in [-0.25, -0.2) is 9.07 Å². The fourth-order valence-electron chi connectivity index (χ4n) is 2.97. The SMILES string of the molecule is COc1cccc(F)c1CNc1ccc(-n2cc(C)c(C)n2)c2nncn12. The number of pyridine rings is 1. The van der Waals surface area contributed by atoms with Crippen molar-refractivity contribution in [1.29, 1.82) is 0 Å². The van der Waals surface area contributed by atoms with E-state index in [-0.39, 0.29) is 12.4 Å². The number of nitrogens with zero attached hydrogens (tertiary/aromatic N) is 5. The number of methoxy groups -OCH3 is 1. The van der Waals surface area contributed by atoms with Crippen molar-refractivity contribution in [3.8, 4) is 11.4 Å². The minimum atomic E-state index is -0.319. The van der Waals surface area contributed by atoms with Crippen molar-refractivity contribution < 1.29 is 9.13 Å². The van der Waals surface area contributed by atoms with E-state index in [1.165, 1.54) is 13.2 Å². The summed E-state index contributed by atoms with van der Waals surface area (Å²) in [6.45, 7) is 4.24. The smallest absolute Gasteiger partial charge is 0.188 e. The second kappa shape index (κ2) is 6.71. The van der Waals surface area contributed by atoms with E-state index in [1.807, 2.05) is 36.6 Å². The Kier molecular flexibility index (Phi) is 4.23. The first kappa shape index (κ1) is 17.0. The lowest BCUT2D eigenvalue weighted by Gasteiger charge is -2.13. The molecule has 8 heteroatoms. The minimum absolute atomic E-state index is 0.266. The normalized spacial score (nSPS) is 11.1. The van der Waals surface area contributed by atoms with Crippen LogP contribution in [-0.2, 0) is 6.54 Å². The molecule has 0 radical (unpaired) electrons. The monoisotopic (exact) mass is 366 g/mol. The van der Waals surface area contributed by atoms with E-state index in [0.717, 1.165) is 22.8 Å². The third kappa shape index (κ3) is 2.99. The maximum Gasteiger partial charge on any atom is 0.188 e. The topological polar surface area (TPSA) is 69.3 Å². The zero-order valence-electron chi connectivity index (χ0n) is 15.3. The lowest BCUT2D eigenvalue weighted by Crippen LogP contribution is -2.08. The number of benzene rings is 1. The van der Waals surface area contributed by atoms with Gasteiger partial charge >= 0.3 is 0 Å². The fourth-order valence-corrected chi connectivity index (χ4v) is 2.97. The molecule has 7 nitrogen and oxygen atoms in total. The quantitative estimate of drug-likeness (QED) is 0.587. The van der Waals surface area contributed by atoms with Gasteiger partial charge in [0.25, 0.3) is 0 Å². The van der Waals surface area contributed by atoms with E-state index in [4.69, 9.17) is 4.74 Å². The highest BCUT2D eigenvalue weighted by Crippen LogP contribution is 2.24. The largest absolute Gasteiger partial charge is 0.496 e. The Balaban J connectivity index is 1.69. The Hall–Kier alpha value is -3.42. The van der Waals surface area contributed by atoms with Crippen molar-refractivity contribution in [2.24, 2.45) is 0 Å². The van der Waals surface area contributed by atoms with E-state index in [1.54, 1.807) is 23.1 Å². The molecule has 138 valence electrons. The molecule has 3 aromatic heterocycles. The molecule has 4 aromatic rings. The first-order valence-electron chi connectivity index (χ1n) is 8.49. The summed E-state index contributed by atoms with van der Waals surface area (Å²) in [5.74, 6) is 0.923. The van der Waals surface area contributed by atoms with Gasteiger partial charge in [0.05, 0.1) is 12.8 Å². The van der Waals surface area contributed by atoms with Crippen LogP contribution >= 0.6 is 0 Å². The standard InChI is InChI=1S/C19H19FN6O/c1-12-10-26(24-13(12)2)16-7-8-18(25-11-22-23-19(16)25)21-9-14-15(20)5-4-6-17(14)27-3/h4-8,10-11,21H,9H2,1-3H3. The molecule has 4 rings (SSSR count). The lowest BCUT2D eigenvalue weighted by atomic mass is 10.2. The Morgan fingerprint density at radius 3 is 2.78 bits per heavy atom. The van der Waals surface area contributed by atoms with Gasteiger partial charge in [-0.1, -0.05) is 6.07 Å². The number of ether oxygens (including phenoxy) is 1. The van der Waals surface area contributed by atoms with Crippen molar-refractivity contribution in [3.05, 3.63) is 65.5 Å². The first-order valence-corrected chi connectivity index (χ1v) is 8.49. The Bertz CT molecular complexity index is 1100. The number of hydrogen-bond donors (Lipinski definition) is 1. The van der Waals surface area contributed by atoms with Crippen LogP contribution in [0.1, 0.15) is 16.8 Å². The predicted molar refractivity (Wildman–Crippen MR) is 99.9 cm³/mol. The number of nitrogens with one attached hydrogen (secondary N) is 1. The van der Waals surface area contributed by atoms with Gasteiger partial charge in [0.15, 0.2) is 5.65 Å². The average Bonchev–Trinajstić information content (AvgIpc) is 3.27. The molecule has 0 aliphatic carbocycles. The zero-order chi connectivity index (χ0) is 19.0. The Morgan fingerprint density at radius 2 is 2.04 bits per heavy atom. The molecule has 1 aromatic carbocycles. The number of aromatic nitrogens is 5. The number of hydrogen-bond acceptors (Lipinski definition) is 5. The van der Waals surface area contributed by atoms with Crippen LogP contribution in [0.3, 0.4) is 0 Å². The number of anilines is 1. The minimum Gasteiger partial charge on any atom is -0.496 e. The number of aryl methyl sites for hydroxylation is 2. The van der Waals surface area contributed by atoms with Crippen LogP contribution in [0.2, 0.25) is 0 Å². The highest BCUT2D eigenvalue weighted by atomic mass is 19.1. The fraction of sp³-hybridized carbons (Fsp3) is 0.211. The number of rotatable bonds is 5.